The molecule has 0 saturated carbocycles. The summed E-state index contributed by atoms with van der Waals surface area (Å²) in [6.07, 6.45) is 0. The highest BCUT2D eigenvalue weighted by Gasteiger charge is 2.19. The van der Waals surface area contributed by atoms with E-state index in [0.29, 0.717) is 24.6 Å². The second-order valence-electron chi connectivity index (χ2n) is 3.97. The summed E-state index contributed by atoms with van der Waals surface area (Å²) in [7, 11) is 0. The minimum atomic E-state index is -0.0112. The van der Waals surface area contributed by atoms with Crippen molar-refractivity contribution in [1.82, 2.24) is 14.7 Å². The molecule has 0 aromatic carbocycles. The van der Waals surface area contributed by atoms with Gasteiger partial charge in [0, 0.05) is 25.2 Å². The zero-order chi connectivity index (χ0) is 12.3. The number of amides is 1. The lowest BCUT2D eigenvalue weighted by Gasteiger charge is -2.19. The van der Waals surface area contributed by atoms with E-state index < -0.39 is 0 Å². The molecule has 0 aliphatic rings. The van der Waals surface area contributed by atoms with Gasteiger partial charge in [0.2, 0.25) is 0 Å². The van der Waals surface area contributed by atoms with Gasteiger partial charge in [0.15, 0.2) is 0 Å². The van der Waals surface area contributed by atoms with Gasteiger partial charge < -0.3 is 10.6 Å². The number of nitrogens with two attached hydrogens (primary N) is 1. The van der Waals surface area contributed by atoms with Crippen molar-refractivity contribution in [3.63, 3.8) is 0 Å². The van der Waals surface area contributed by atoms with E-state index >= 15 is 0 Å². The number of rotatable bonds is 4. The van der Waals surface area contributed by atoms with E-state index in [2.05, 4.69) is 5.10 Å². The zero-order valence-corrected chi connectivity index (χ0v) is 10.4. The number of carbonyl (C=O) groups is 1. The summed E-state index contributed by atoms with van der Waals surface area (Å²) < 4.78 is 1.68. The van der Waals surface area contributed by atoms with Crippen LogP contribution in [0.25, 0.3) is 0 Å². The number of carbonyl (C=O) groups excluding carboxylic acids is 1. The number of nitrogen functional groups attached to an aromatic ring is 1. The first-order chi connectivity index (χ1) is 7.51. The number of nitrogens with zero attached hydrogens (tertiary/aromatic N) is 3. The topological polar surface area (TPSA) is 64.2 Å². The van der Waals surface area contributed by atoms with Crippen molar-refractivity contribution in [1.29, 1.82) is 0 Å². The second-order valence-corrected chi connectivity index (χ2v) is 3.97. The van der Waals surface area contributed by atoms with Crippen LogP contribution in [0.3, 0.4) is 0 Å². The van der Waals surface area contributed by atoms with Crippen molar-refractivity contribution in [2.75, 3.05) is 18.8 Å². The van der Waals surface area contributed by atoms with Crippen LogP contribution in [0.1, 0.15) is 44.2 Å². The Morgan fingerprint density at radius 2 is 2.06 bits per heavy atom. The minimum Gasteiger partial charge on any atom is -0.382 e. The molecule has 0 aliphatic carbocycles. The first-order valence-electron chi connectivity index (χ1n) is 5.65. The Kier molecular flexibility index (Phi) is 3.93. The van der Waals surface area contributed by atoms with Gasteiger partial charge in [0.25, 0.3) is 5.91 Å². The van der Waals surface area contributed by atoms with Crippen LogP contribution in [-0.2, 0) is 0 Å². The van der Waals surface area contributed by atoms with Gasteiger partial charge in [-0.1, -0.05) is 0 Å². The molecule has 0 bridgehead atoms. The van der Waals surface area contributed by atoms with E-state index in [0.717, 1.165) is 0 Å². The third-order valence-electron chi connectivity index (χ3n) is 2.51. The highest BCUT2D eigenvalue weighted by molar-refractivity contribution is 5.93. The Bertz CT molecular complexity index is 366. The summed E-state index contributed by atoms with van der Waals surface area (Å²) in [5.74, 6) is 0.382. The normalized spacial score (nSPS) is 10.8. The number of hydrogen-bond donors (Lipinski definition) is 1. The fourth-order valence-electron chi connectivity index (χ4n) is 1.64. The SMILES string of the molecule is CCN(CC)C(=O)c1cc(N)nn1C(C)C. The predicted molar refractivity (Wildman–Crippen MR) is 64.3 cm³/mol. The first kappa shape index (κ1) is 12.5. The highest BCUT2D eigenvalue weighted by atomic mass is 16.2. The Morgan fingerprint density at radius 3 is 2.50 bits per heavy atom. The maximum Gasteiger partial charge on any atom is 0.272 e. The maximum atomic E-state index is 12.2. The van der Waals surface area contributed by atoms with Gasteiger partial charge in [0.1, 0.15) is 11.5 Å². The minimum absolute atomic E-state index is 0.0112. The highest BCUT2D eigenvalue weighted by Crippen LogP contribution is 2.14. The molecule has 0 fully saturated rings. The molecule has 0 radical (unpaired) electrons. The van der Waals surface area contributed by atoms with E-state index in [1.165, 1.54) is 0 Å². The van der Waals surface area contributed by atoms with Crippen LogP contribution >= 0.6 is 0 Å². The van der Waals surface area contributed by atoms with E-state index in [4.69, 9.17) is 5.73 Å². The summed E-state index contributed by atoms with van der Waals surface area (Å²) in [5.41, 5.74) is 6.20. The molecule has 16 heavy (non-hydrogen) atoms. The Balaban J connectivity index is 3.07. The van der Waals surface area contributed by atoms with E-state index in [-0.39, 0.29) is 11.9 Å². The lowest BCUT2D eigenvalue weighted by Crippen LogP contribution is -2.32. The van der Waals surface area contributed by atoms with Gasteiger partial charge in [0.05, 0.1) is 0 Å². The molecule has 0 unspecified atom stereocenters. The average molecular weight is 224 g/mol. The fourth-order valence-corrected chi connectivity index (χ4v) is 1.64. The van der Waals surface area contributed by atoms with Crippen molar-refractivity contribution in [2.24, 2.45) is 0 Å². The predicted octanol–water partition coefficient (Wildman–Crippen LogP) is 1.53. The van der Waals surface area contributed by atoms with Crippen LogP contribution in [-0.4, -0.2) is 33.7 Å². The Labute approximate surface area is 96.2 Å². The fraction of sp³-hybridized carbons (Fsp3) is 0.636. The summed E-state index contributed by atoms with van der Waals surface area (Å²) >= 11 is 0. The number of aromatic nitrogens is 2. The Morgan fingerprint density at radius 1 is 1.50 bits per heavy atom. The van der Waals surface area contributed by atoms with Gasteiger partial charge in [-0.15, -0.1) is 0 Å². The average Bonchev–Trinajstić information content (AvgIpc) is 2.62. The van der Waals surface area contributed by atoms with Gasteiger partial charge in [-0.2, -0.15) is 5.10 Å². The summed E-state index contributed by atoms with van der Waals surface area (Å²) in [4.78, 5) is 13.9. The molecule has 1 aromatic heterocycles. The molecular formula is C11H20N4O. The summed E-state index contributed by atoms with van der Waals surface area (Å²) in [6.45, 7) is 9.26. The van der Waals surface area contributed by atoms with Gasteiger partial charge >= 0.3 is 0 Å². The number of anilines is 1. The number of hydrogen-bond acceptors (Lipinski definition) is 3. The summed E-state index contributed by atoms with van der Waals surface area (Å²) in [6, 6.07) is 1.77. The third-order valence-corrected chi connectivity index (χ3v) is 2.51. The van der Waals surface area contributed by atoms with Crippen molar-refractivity contribution >= 4 is 11.7 Å². The van der Waals surface area contributed by atoms with Crippen LogP contribution in [0.5, 0.6) is 0 Å². The molecule has 2 N–H and O–H groups in total. The molecule has 90 valence electrons. The van der Waals surface area contributed by atoms with E-state index in [9.17, 15) is 4.79 Å². The quantitative estimate of drug-likeness (QED) is 0.843. The maximum absolute atomic E-state index is 12.2. The van der Waals surface area contributed by atoms with Gasteiger partial charge in [-0.25, -0.2) is 0 Å². The molecule has 1 amide bonds. The van der Waals surface area contributed by atoms with Crippen molar-refractivity contribution in [2.45, 2.75) is 33.7 Å². The van der Waals surface area contributed by atoms with Crippen LogP contribution in [0.4, 0.5) is 5.82 Å². The molecule has 0 saturated heterocycles. The van der Waals surface area contributed by atoms with E-state index in [1.807, 2.05) is 27.7 Å². The molecule has 5 nitrogen and oxygen atoms in total. The Hall–Kier alpha value is -1.52. The third kappa shape index (κ3) is 2.35. The molecule has 0 atom stereocenters. The van der Waals surface area contributed by atoms with Crippen molar-refractivity contribution in [3.8, 4) is 0 Å². The molecule has 1 rings (SSSR count). The standard InChI is InChI=1S/C11H20N4O/c1-5-14(6-2)11(16)9-7-10(12)13-15(9)8(3)4/h7-8H,5-6H2,1-4H3,(H2,12,13). The zero-order valence-electron chi connectivity index (χ0n) is 10.4. The molecule has 1 aromatic rings. The second kappa shape index (κ2) is 5.01. The monoisotopic (exact) mass is 224 g/mol. The molecule has 0 spiro atoms. The molecule has 1 heterocycles. The molecule has 0 aliphatic heterocycles. The van der Waals surface area contributed by atoms with E-state index in [1.54, 1.807) is 15.6 Å². The van der Waals surface area contributed by atoms with Gasteiger partial charge in [-0.05, 0) is 27.7 Å². The first-order valence-corrected chi connectivity index (χ1v) is 5.65. The molecular weight excluding hydrogens is 204 g/mol. The van der Waals surface area contributed by atoms with Gasteiger partial charge in [-0.3, -0.25) is 9.48 Å². The van der Waals surface area contributed by atoms with Crippen LogP contribution < -0.4 is 5.73 Å². The smallest absolute Gasteiger partial charge is 0.272 e. The largest absolute Gasteiger partial charge is 0.382 e. The molecule has 5 heteroatoms. The van der Waals surface area contributed by atoms with Crippen LogP contribution in [0, 0.1) is 0 Å². The van der Waals surface area contributed by atoms with Crippen molar-refractivity contribution < 1.29 is 4.79 Å². The van der Waals surface area contributed by atoms with Crippen molar-refractivity contribution in [3.05, 3.63) is 11.8 Å². The van der Waals surface area contributed by atoms with Crippen LogP contribution in [0.15, 0.2) is 6.07 Å². The summed E-state index contributed by atoms with van der Waals surface area (Å²) in [5, 5.41) is 4.13. The lowest BCUT2D eigenvalue weighted by molar-refractivity contribution is 0.0758. The lowest BCUT2D eigenvalue weighted by atomic mass is 10.3. The van der Waals surface area contributed by atoms with Crippen LogP contribution in [0.2, 0.25) is 0 Å².